The number of hydrogen-bond acceptors (Lipinski definition) is 5. The van der Waals surface area contributed by atoms with Crippen LogP contribution in [0.5, 0.6) is 0 Å². The van der Waals surface area contributed by atoms with E-state index in [0.29, 0.717) is 19.8 Å². The predicted molar refractivity (Wildman–Crippen MR) is 46.9 cm³/mol. The van der Waals surface area contributed by atoms with Gasteiger partial charge in [0.1, 0.15) is 0 Å². The summed E-state index contributed by atoms with van der Waals surface area (Å²) in [7, 11) is 0. The Morgan fingerprint density at radius 3 is 3.33 bits per heavy atom. The molecule has 0 bridgehead atoms. The Balaban J connectivity index is 2.10. The average molecular weight is 188 g/mol. The van der Waals surface area contributed by atoms with E-state index in [1.807, 2.05) is 6.92 Å². The van der Waals surface area contributed by atoms with Crippen molar-refractivity contribution < 1.29 is 9.57 Å². The van der Waals surface area contributed by atoms with Gasteiger partial charge in [-0.05, 0) is 6.92 Å². The Bertz CT molecular complexity index is 219. The minimum absolute atomic E-state index is 0.0844. The first-order chi connectivity index (χ1) is 5.83. The second-order valence-corrected chi connectivity index (χ2v) is 3.83. The Kier molecular flexibility index (Phi) is 2.27. The predicted octanol–water partition coefficient (Wildman–Crippen LogP) is 0.471. The molecule has 5 heteroatoms. The van der Waals surface area contributed by atoms with Crippen LogP contribution < -0.4 is 5.73 Å². The van der Waals surface area contributed by atoms with E-state index in [2.05, 4.69) is 0 Å². The van der Waals surface area contributed by atoms with Crippen LogP contribution in [-0.2, 0) is 9.57 Å². The van der Waals surface area contributed by atoms with Crippen molar-refractivity contribution in [2.45, 2.75) is 12.4 Å². The van der Waals surface area contributed by atoms with Crippen molar-refractivity contribution in [2.75, 3.05) is 19.8 Å². The maximum absolute atomic E-state index is 5.82. The van der Waals surface area contributed by atoms with Gasteiger partial charge in [-0.2, -0.15) is 0 Å². The zero-order chi connectivity index (χ0) is 8.55. The standard InChI is InChI=1S/C7H12N2O2S/c1-2-11-9-5-3-10-4-6(5)12-7(9)8/h7H,2-4,8H2,1H3. The number of hydroxylamine groups is 2. The summed E-state index contributed by atoms with van der Waals surface area (Å²) < 4.78 is 5.26. The van der Waals surface area contributed by atoms with Crippen molar-refractivity contribution in [1.29, 1.82) is 0 Å². The van der Waals surface area contributed by atoms with Crippen LogP contribution in [0.3, 0.4) is 0 Å². The third-order valence-electron chi connectivity index (χ3n) is 1.82. The van der Waals surface area contributed by atoms with Crippen molar-refractivity contribution in [1.82, 2.24) is 5.06 Å². The number of hydrogen-bond donors (Lipinski definition) is 1. The van der Waals surface area contributed by atoms with Crippen LogP contribution in [0.25, 0.3) is 0 Å². The minimum Gasteiger partial charge on any atom is -0.370 e. The zero-order valence-corrected chi connectivity index (χ0v) is 7.76. The lowest BCUT2D eigenvalue weighted by Crippen LogP contribution is -2.36. The number of nitrogens with two attached hydrogens (primary N) is 1. The highest BCUT2D eigenvalue weighted by atomic mass is 32.2. The van der Waals surface area contributed by atoms with Crippen LogP contribution >= 0.6 is 11.8 Å². The number of nitrogens with zero attached hydrogens (tertiary/aromatic N) is 1. The third kappa shape index (κ3) is 1.22. The molecule has 2 rings (SSSR count). The van der Waals surface area contributed by atoms with Gasteiger partial charge in [-0.25, -0.2) is 5.06 Å². The molecule has 2 aliphatic rings. The van der Waals surface area contributed by atoms with Crippen molar-refractivity contribution in [3.05, 3.63) is 10.6 Å². The molecule has 4 nitrogen and oxygen atoms in total. The van der Waals surface area contributed by atoms with E-state index in [0.717, 1.165) is 5.70 Å². The van der Waals surface area contributed by atoms with E-state index >= 15 is 0 Å². The van der Waals surface area contributed by atoms with Gasteiger partial charge in [0.05, 0.1) is 25.5 Å². The van der Waals surface area contributed by atoms with Crippen LogP contribution in [0.1, 0.15) is 6.92 Å². The maximum Gasteiger partial charge on any atom is 0.154 e. The van der Waals surface area contributed by atoms with Gasteiger partial charge in [0.25, 0.3) is 0 Å². The molecule has 0 saturated heterocycles. The van der Waals surface area contributed by atoms with E-state index in [-0.39, 0.29) is 5.50 Å². The molecular weight excluding hydrogens is 176 g/mol. The Morgan fingerprint density at radius 2 is 2.58 bits per heavy atom. The van der Waals surface area contributed by atoms with Crippen molar-refractivity contribution in [2.24, 2.45) is 5.73 Å². The summed E-state index contributed by atoms with van der Waals surface area (Å²) in [6, 6.07) is 0. The van der Waals surface area contributed by atoms with Gasteiger partial charge in [0.2, 0.25) is 0 Å². The van der Waals surface area contributed by atoms with Crippen LogP contribution in [0, 0.1) is 0 Å². The molecule has 0 aromatic heterocycles. The number of rotatable bonds is 2. The van der Waals surface area contributed by atoms with Crippen LogP contribution in [0.15, 0.2) is 10.6 Å². The summed E-state index contributed by atoms with van der Waals surface area (Å²) in [6.45, 7) is 3.92. The fourth-order valence-corrected chi connectivity index (χ4v) is 2.34. The molecule has 2 heterocycles. The smallest absolute Gasteiger partial charge is 0.154 e. The second-order valence-electron chi connectivity index (χ2n) is 2.61. The van der Waals surface area contributed by atoms with E-state index < -0.39 is 0 Å². The first kappa shape index (κ1) is 8.37. The van der Waals surface area contributed by atoms with Gasteiger partial charge < -0.3 is 10.5 Å². The summed E-state index contributed by atoms with van der Waals surface area (Å²) in [5, 5.41) is 1.76. The highest BCUT2D eigenvalue weighted by Crippen LogP contribution is 2.38. The molecule has 0 aromatic rings. The summed E-state index contributed by atoms with van der Waals surface area (Å²) >= 11 is 1.62. The Labute approximate surface area is 75.6 Å². The second kappa shape index (κ2) is 3.26. The van der Waals surface area contributed by atoms with Gasteiger partial charge in [-0.15, -0.1) is 0 Å². The fourth-order valence-electron chi connectivity index (χ4n) is 1.33. The third-order valence-corrected chi connectivity index (χ3v) is 2.89. The molecule has 0 aromatic carbocycles. The molecule has 1 unspecified atom stereocenters. The summed E-state index contributed by atoms with van der Waals surface area (Å²) in [6.07, 6.45) is 0. The molecule has 0 amide bonds. The van der Waals surface area contributed by atoms with Crippen molar-refractivity contribution in [3.63, 3.8) is 0 Å². The molecule has 2 aliphatic heterocycles. The number of ether oxygens (including phenoxy) is 1. The van der Waals surface area contributed by atoms with Gasteiger partial charge in [0.15, 0.2) is 5.50 Å². The van der Waals surface area contributed by atoms with Gasteiger partial charge in [-0.1, -0.05) is 11.8 Å². The molecule has 0 fully saturated rings. The van der Waals surface area contributed by atoms with Crippen LogP contribution in [-0.4, -0.2) is 30.4 Å². The van der Waals surface area contributed by atoms with Crippen LogP contribution in [0.4, 0.5) is 0 Å². The monoisotopic (exact) mass is 188 g/mol. The van der Waals surface area contributed by atoms with E-state index in [1.54, 1.807) is 16.8 Å². The Hall–Kier alpha value is -0.230. The van der Waals surface area contributed by atoms with Crippen molar-refractivity contribution >= 4 is 11.8 Å². The molecule has 0 saturated carbocycles. The topological polar surface area (TPSA) is 47.7 Å². The lowest BCUT2D eigenvalue weighted by molar-refractivity contribution is -0.135. The summed E-state index contributed by atoms with van der Waals surface area (Å²) in [5.41, 5.74) is 6.84. The SMILES string of the molecule is CCON1C2=C(COC2)SC1N. The highest BCUT2D eigenvalue weighted by molar-refractivity contribution is 8.03. The summed E-state index contributed by atoms with van der Waals surface area (Å²) in [4.78, 5) is 6.60. The zero-order valence-electron chi connectivity index (χ0n) is 6.95. The maximum atomic E-state index is 5.82. The van der Waals surface area contributed by atoms with E-state index in [1.165, 1.54) is 4.91 Å². The molecule has 12 heavy (non-hydrogen) atoms. The van der Waals surface area contributed by atoms with Gasteiger partial charge in [-0.3, -0.25) is 4.84 Å². The van der Waals surface area contributed by atoms with Gasteiger partial charge in [0, 0.05) is 4.91 Å². The van der Waals surface area contributed by atoms with Crippen LogP contribution in [0.2, 0.25) is 0 Å². The average Bonchev–Trinajstić information content (AvgIpc) is 2.56. The molecular formula is C7H12N2O2S. The molecule has 0 aliphatic carbocycles. The van der Waals surface area contributed by atoms with E-state index in [4.69, 9.17) is 15.3 Å². The van der Waals surface area contributed by atoms with Gasteiger partial charge >= 0.3 is 0 Å². The fraction of sp³-hybridized carbons (Fsp3) is 0.714. The molecule has 0 radical (unpaired) electrons. The quantitative estimate of drug-likeness (QED) is 0.682. The lowest BCUT2D eigenvalue weighted by atomic mass is 10.4. The first-order valence-electron chi connectivity index (χ1n) is 3.97. The largest absolute Gasteiger partial charge is 0.370 e. The Morgan fingerprint density at radius 1 is 1.75 bits per heavy atom. The first-order valence-corrected chi connectivity index (χ1v) is 4.85. The minimum atomic E-state index is -0.0844. The molecule has 68 valence electrons. The summed E-state index contributed by atoms with van der Waals surface area (Å²) in [5.74, 6) is 0. The normalized spacial score (nSPS) is 28.5. The molecule has 0 spiro atoms. The highest BCUT2D eigenvalue weighted by Gasteiger charge is 2.34. The van der Waals surface area contributed by atoms with E-state index in [9.17, 15) is 0 Å². The lowest BCUT2D eigenvalue weighted by Gasteiger charge is -2.23. The van der Waals surface area contributed by atoms with Crippen molar-refractivity contribution in [3.8, 4) is 0 Å². The molecule has 2 N–H and O–H groups in total. The number of thioether (sulfide) groups is 1. The molecule has 1 atom stereocenters.